The summed E-state index contributed by atoms with van der Waals surface area (Å²) in [6, 6.07) is 2.25. The van der Waals surface area contributed by atoms with Gasteiger partial charge in [0.15, 0.2) is 0 Å². The minimum atomic E-state index is -0.589. The second kappa shape index (κ2) is 3.16. The summed E-state index contributed by atoms with van der Waals surface area (Å²) in [5.74, 6) is -1.17. The first kappa shape index (κ1) is 9.33. The van der Waals surface area contributed by atoms with Crippen molar-refractivity contribution in [2.75, 3.05) is 0 Å². The molecule has 0 unspecified atom stereocenters. The molecule has 0 aliphatic rings. The molecular formula is C9H4BrF2NO. The quantitative estimate of drug-likeness (QED) is 0.775. The van der Waals surface area contributed by atoms with Crippen molar-refractivity contribution in [3.05, 3.63) is 44.8 Å². The second-order valence-corrected chi connectivity index (χ2v) is 3.63. The van der Waals surface area contributed by atoms with Crippen LogP contribution in [0.2, 0.25) is 0 Å². The molecule has 0 spiro atoms. The summed E-state index contributed by atoms with van der Waals surface area (Å²) < 4.78 is 26.3. The van der Waals surface area contributed by atoms with Gasteiger partial charge in [0.05, 0.1) is 9.86 Å². The van der Waals surface area contributed by atoms with E-state index in [-0.39, 0.29) is 15.2 Å². The van der Waals surface area contributed by atoms with Gasteiger partial charge in [-0.2, -0.15) is 0 Å². The molecule has 0 amide bonds. The lowest BCUT2D eigenvalue weighted by Crippen LogP contribution is -2.06. The molecular weight excluding hydrogens is 256 g/mol. The number of pyridine rings is 1. The molecule has 1 aromatic carbocycles. The third-order valence-corrected chi connectivity index (χ3v) is 2.50. The highest BCUT2D eigenvalue weighted by Gasteiger charge is 2.08. The smallest absolute Gasteiger partial charge is 0.256 e. The van der Waals surface area contributed by atoms with Crippen LogP contribution in [0.25, 0.3) is 10.8 Å². The number of H-pyrrole nitrogens is 1. The Morgan fingerprint density at radius 2 is 1.86 bits per heavy atom. The van der Waals surface area contributed by atoms with Gasteiger partial charge in [-0.05, 0) is 28.1 Å². The number of nitrogens with one attached hydrogen (secondary N) is 1. The van der Waals surface area contributed by atoms with E-state index in [2.05, 4.69) is 20.9 Å². The van der Waals surface area contributed by atoms with Crippen LogP contribution in [0, 0.1) is 11.6 Å². The average Bonchev–Trinajstić information content (AvgIpc) is 2.15. The maximum Gasteiger partial charge on any atom is 0.256 e. The predicted octanol–water partition coefficient (Wildman–Crippen LogP) is 2.57. The van der Waals surface area contributed by atoms with E-state index in [0.717, 1.165) is 12.3 Å². The highest BCUT2D eigenvalue weighted by molar-refractivity contribution is 9.10. The minimum Gasteiger partial charge on any atom is -0.326 e. The zero-order chi connectivity index (χ0) is 10.3. The van der Waals surface area contributed by atoms with Gasteiger partial charge in [-0.25, -0.2) is 8.78 Å². The molecule has 0 fully saturated rings. The van der Waals surface area contributed by atoms with Gasteiger partial charge in [0, 0.05) is 11.6 Å². The van der Waals surface area contributed by atoms with E-state index in [1.165, 1.54) is 6.07 Å². The molecule has 0 bridgehead atoms. The Hall–Kier alpha value is -1.23. The van der Waals surface area contributed by atoms with Gasteiger partial charge in [-0.3, -0.25) is 4.79 Å². The highest BCUT2D eigenvalue weighted by atomic mass is 79.9. The van der Waals surface area contributed by atoms with Crippen molar-refractivity contribution in [1.82, 2.24) is 4.98 Å². The zero-order valence-corrected chi connectivity index (χ0v) is 8.36. The maximum absolute atomic E-state index is 13.2. The standard InChI is InChI=1S/C9H4BrF2NO/c10-6-1-4-5(2-7(6)11)9(14)13-3-8(4)12/h1-3H,(H,13,14). The Labute approximate surface area is 85.7 Å². The first-order valence-corrected chi connectivity index (χ1v) is 4.55. The van der Waals surface area contributed by atoms with Gasteiger partial charge in [-0.15, -0.1) is 0 Å². The van der Waals surface area contributed by atoms with Gasteiger partial charge >= 0.3 is 0 Å². The number of rotatable bonds is 0. The minimum absolute atomic E-state index is 0.00528. The number of hydrogen-bond acceptors (Lipinski definition) is 1. The first-order chi connectivity index (χ1) is 6.59. The molecule has 14 heavy (non-hydrogen) atoms. The molecule has 1 N–H and O–H groups in total. The molecule has 0 aliphatic carbocycles. The Morgan fingerprint density at radius 1 is 1.14 bits per heavy atom. The summed E-state index contributed by atoms with van der Waals surface area (Å²) in [5, 5.41) is 0.104. The molecule has 1 heterocycles. The Bertz CT molecular complexity index is 564. The molecule has 0 saturated heterocycles. The van der Waals surface area contributed by atoms with Crippen LogP contribution in [-0.2, 0) is 0 Å². The summed E-state index contributed by atoms with van der Waals surface area (Å²) in [6.45, 7) is 0. The van der Waals surface area contributed by atoms with Crippen LogP contribution in [0.4, 0.5) is 8.78 Å². The molecule has 72 valence electrons. The number of hydrogen-bond donors (Lipinski definition) is 1. The van der Waals surface area contributed by atoms with Gasteiger partial charge in [0.1, 0.15) is 11.6 Å². The number of fused-ring (bicyclic) bond motifs is 1. The predicted molar refractivity (Wildman–Crippen MR) is 52.2 cm³/mol. The van der Waals surface area contributed by atoms with E-state index in [1.54, 1.807) is 0 Å². The topological polar surface area (TPSA) is 32.9 Å². The van der Waals surface area contributed by atoms with Crippen LogP contribution in [0.15, 0.2) is 27.6 Å². The Kier molecular flexibility index (Phi) is 2.11. The van der Waals surface area contributed by atoms with Crippen molar-refractivity contribution in [3.63, 3.8) is 0 Å². The molecule has 0 saturated carbocycles. The van der Waals surface area contributed by atoms with E-state index in [0.29, 0.717) is 0 Å². The largest absolute Gasteiger partial charge is 0.326 e. The fourth-order valence-electron chi connectivity index (χ4n) is 1.22. The highest BCUT2D eigenvalue weighted by Crippen LogP contribution is 2.22. The fourth-order valence-corrected chi connectivity index (χ4v) is 1.56. The Balaban J connectivity index is 3.02. The average molecular weight is 260 g/mol. The first-order valence-electron chi connectivity index (χ1n) is 3.75. The number of halogens is 3. The van der Waals surface area contributed by atoms with E-state index >= 15 is 0 Å². The molecule has 2 aromatic rings. The summed E-state index contributed by atoms with van der Waals surface area (Å²) in [5.41, 5.74) is -0.507. The van der Waals surface area contributed by atoms with E-state index in [4.69, 9.17) is 0 Å². The molecule has 0 atom stereocenters. The SMILES string of the molecule is O=c1[nH]cc(F)c2cc(Br)c(F)cc12. The van der Waals surface area contributed by atoms with Gasteiger partial charge < -0.3 is 4.98 Å². The molecule has 0 radical (unpaired) electrons. The van der Waals surface area contributed by atoms with Crippen molar-refractivity contribution in [2.24, 2.45) is 0 Å². The van der Waals surface area contributed by atoms with Crippen molar-refractivity contribution in [2.45, 2.75) is 0 Å². The van der Waals surface area contributed by atoms with Crippen LogP contribution in [0.3, 0.4) is 0 Å². The van der Waals surface area contributed by atoms with E-state index in [9.17, 15) is 13.6 Å². The van der Waals surface area contributed by atoms with Crippen molar-refractivity contribution >= 4 is 26.7 Å². The van der Waals surface area contributed by atoms with Crippen LogP contribution in [-0.4, -0.2) is 4.98 Å². The van der Waals surface area contributed by atoms with E-state index in [1.807, 2.05) is 0 Å². The molecule has 0 aliphatic heterocycles. The molecule has 5 heteroatoms. The third kappa shape index (κ3) is 1.33. The molecule has 1 aromatic heterocycles. The van der Waals surface area contributed by atoms with Crippen LogP contribution in [0.1, 0.15) is 0 Å². The summed E-state index contributed by atoms with van der Waals surface area (Å²) in [6.07, 6.45) is 0.953. The normalized spacial score (nSPS) is 10.8. The fraction of sp³-hybridized carbons (Fsp3) is 0. The monoisotopic (exact) mass is 259 g/mol. The van der Waals surface area contributed by atoms with Crippen LogP contribution in [0.5, 0.6) is 0 Å². The van der Waals surface area contributed by atoms with Crippen LogP contribution < -0.4 is 5.56 Å². The van der Waals surface area contributed by atoms with Gasteiger partial charge in [-0.1, -0.05) is 0 Å². The summed E-state index contributed by atoms with van der Waals surface area (Å²) in [7, 11) is 0. The Morgan fingerprint density at radius 3 is 2.57 bits per heavy atom. The zero-order valence-electron chi connectivity index (χ0n) is 6.77. The number of benzene rings is 1. The molecule has 2 nitrogen and oxygen atoms in total. The van der Waals surface area contributed by atoms with Crippen molar-refractivity contribution in [1.29, 1.82) is 0 Å². The molecule has 2 rings (SSSR count). The number of aromatic amines is 1. The third-order valence-electron chi connectivity index (χ3n) is 1.89. The van der Waals surface area contributed by atoms with Crippen molar-refractivity contribution < 1.29 is 8.78 Å². The van der Waals surface area contributed by atoms with Gasteiger partial charge in [0.2, 0.25) is 0 Å². The van der Waals surface area contributed by atoms with Gasteiger partial charge in [0.25, 0.3) is 5.56 Å². The summed E-state index contributed by atoms with van der Waals surface area (Å²) >= 11 is 2.92. The maximum atomic E-state index is 13.2. The summed E-state index contributed by atoms with van der Waals surface area (Å²) in [4.78, 5) is 13.4. The lowest BCUT2D eigenvalue weighted by Gasteiger charge is -2.00. The van der Waals surface area contributed by atoms with Crippen LogP contribution >= 0.6 is 15.9 Å². The van der Waals surface area contributed by atoms with E-state index < -0.39 is 17.2 Å². The van der Waals surface area contributed by atoms with Crippen molar-refractivity contribution in [3.8, 4) is 0 Å². The second-order valence-electron chi connectivity index (χ2n) is 2.78. The number of aromatic nitrogens is 1. The lowest BCUT2D eigenvalue weighted by atomic mass is 10.1. The lowest BCUT2D eigenvalue weighted by molar-refractivity contribution is 0.619.